The fraction of sp³-hybridized carbons (Fsp3) is 0.105. The Kier molecular flexibility index (Phi) is 5.68. The van der Waals surface area contributed by atoms with Gasteiger partial charge in [0.2, 0.25) is 0 Å². The zero-order valence-electron chi connectivity index (χ0n) is 13.3. The molecule has 0 atom stereocenters. The lowest BCUT2D eigenvalue weighted by molar-refractivity contribution is 0.355. The average molecular weight is 375 g/mol. The summed E-state index contributed by atoms with van der Waals surface area (Å²) in [6, 6.07) is 17.6. The van der Waals surface area contributed by atoms with Crippen molar-refractivity contribution in [2.75, 3.05) is 5.32 Å². The minimum absolute atomic E-state index is 0.263. The highest BCUT2D eigenvalue weighted by atomic mass is 35.5. The van der Waals surface area contributed by atoms with Gasteiger partial charge in [0.1, 0.15) is 11.6 Å². The molecule has 0 aliphatic heterocycles. The Labute approximate surface area is 156 Å². The molecule has 0 aliphatic carbocycles. The lowest BCUT2D eigenvalue weighted by Gasteiger charge is -2.25. The fourth-order valence-electron chi connectivity index (χ4n) is 2.36. The van der Waals surface area contributed by atoms with Crippen molar-refractivity contribution in [3.05, 3.63) is 89.1 Å². The molecule has 0 radical (unpaired) electrons. The molecular formula is C19H16ClFN2OS. The summed E-state index contributed by atoms with van der Waals surface area (Å²) in [6.45, 7) is 0.757. The van der Waals surface area contributed by atoms with E-state index in [1.807, 2.05) is 29.2 Å². The monoisotopic (exact) mass is 374 g/mol. The van der Waals surface area contributed by atoms with Gasteiger partial charge in [0, 0.05) is 22.8 Å². The second kappa shape index (κ2) is 8.14. The van der Waals surface area contributed by atoms with Gasteiger partial charge in [-0.15, -0.1) is 0 Å². The molecule has 3 rings (SSSR count). The van der Waals surface area contributed by atoms with Crippen molar-refractivity contribution in [2.24, 2.45) is 0 Å². The molecule has 1 N–H and O–H groups in total. The number of anilines is 1. The molecule has 25 heavy (non-hydrogen) atoms. The summed E-state index contributed by atoms with van der Waals surface area (Å²) in [5.74, 6) is 0.484. The number of benzene rings is 2. The molecule has 0 spiro atoms. The molecule has 2 aromatic carbocycles. The Hall–Kier alpha value is -2.37. The number of rotatable bonds is 5. The van der Waals surface area contributed by atoms with Gasteiger partial charge in [-0.3, -0.25) is 0 Å². The van der Waals surface area contributed by atoms with E-state index < -0.39 is 0 Å². The Morgan fingerprint density at radius 1 is 1.04 bits per heavy atom. The highest BCUT2D eigenvalue weighted by Gasteiger charge is 2.15. The first kappa shape index (κ1) is 17.5. The van der Waals surface area contributed by atoms with Crippen molar-refractivity contribution >= 4 is 34.6 Å². The minimum Gasteiger partial charge on any atom is -0.467 e. The first-order valence-corrected chi connectivity index (χ1v) is 8.48. The Bertz CT molecular complexity index is 837. The normalized spacial score (nSPS) is 10.5. The van der Waals surface area contributed by atoms with E-state index in [1.165, 1.54) is 6.07 Å². The number of hydrogen-bond acceptors (Lipinski definition) is 2. The second-order valence-electron chi connectivity index (χ2n) is 5.46. The maximum Gasteiger partial charge on any atom is 0.174 e. The topological polar surface area (TPSA) is 28.4 Å². The quantitative estimate of drug-likeness (QED) is 0.599. The zero-order valence-corrected chi connectivity index (χ0v) is 14.9. The summed E-state index contributed by atoms with van der Waals surface area (Å²) in [6.07, 6.45) is 1.60. The van der Waals surface area contributed by atoms with Crippen LogP contribution in [-0.4, -0.2) is 10.0 Å². The molecule has 0 saturated carbocycles. The van der Waals surface area contributed by atoms with E-state index in [1.54, 1.807) is 36.6 Å². The molecule has 3 aromatic rings. The smallest absolute Gasteiger partial charge is 0.174 e. The van der Waals surface area contributed by atoms with Crippen LogP contribution in [-0.2, 0) is 13.1 Å². The predicted molar refractivity (Wildman–Crippen MR) is 102 cm³/mol. The SMILES string of the molecule is Fc1ccccc1CN(Cc1ccco1)C(=S)Nc1ccc(Cl)cc1. The molecule has 0 saturated heterocycles. The van der Waals surface area contributed by atoms with E-state index in [4.69, 9.17) is 28.2 Å². The zero-order chi connectivity index (χ0) is 17.6. The van der Waals surface area contributed by atoms with E-state index in [9.17, 15) is 4.39 Å². The van der Waals surface area contributed by atoms with Gasteiger partial charge < -0.3 is 14.6 Å². The van der Waals surface area contributed by atoms with Gasteiger partial charge in [0.15, 0.2) is 5.11 Å². The molecule has 0 fully saturated rings. The van der Waals surface area contributed by atoms with Gasteiger partial charge in [-0.25, -0.2) is 4.39 Å². The van der Waals surface area contributed by atoms with E-state index in [0.717, 1.165) is 11.4 Å². The molecule has 0 bridgehead atoms. The average Bonchev–Trinajstić information content (AvgIpc) is 3.11. The summed E-state index contributed by atoms with van der Waals surface area (Å²) in [4.78, 5) is 1.85. The van der Waals surface area contributed by atoms with Crippen LogP contribution in [0.25, 0.3) is 0 Å². The third kappa shape index (κ3) is 4.81. The van der Waals surface area contributed by atoms with Gasteiger partial charge in [0.05, 0.1) is 12.8 Å². The predicted octanol–water partition coefficient (Wildman–Crippen LogP) is 5.47. The molecule has 128 valence electrons. The van der Waals surface area contributed by atoms with Crippen LogP contribution in [0, 0.1) is 5.82 Å². The minimum atomic E-state index is -0.263. The van der Waals surface area contributed by atoms with Crippen molar-refractivity contribution in [3.63, 3.8) is 0 Å². The Balaban J connectivity index is 1.78. The standard InChI is InChI=1S/C19H16ClFN2OS/c20-15-7-9-16(10-8-15)22-19(25)23(13-17-5-3-11-24-17)12-14-4-1-2-6-18(14)21/h1-11H,12-13H2,(H,22,25). The van der Waals surface area contributed by atoms with Gasteiger partial charge in [-0.1, -0.05) is 29.8 Å². The third-order valence-electron chi connectivity index (χ3n) is 3.63. The van der Waals surface area contributed by atoms with Crippen LogP contribution in [0.4, 0.5) is 10.1 Å². The molecule has 1 aromatic heterocycles. The van der Waals surface area contributed by atoms with Crippen molar-refractivity contribution < 1.29 is 8.81 Å². The number of nitrogens with one attached hydrogen (secondary N) is 1. The van der Waals surface area contributed by atoms with Crippen LogP contribution in [0.5, 0.6) is 0 Å². The van der Waals surface area contributed by atoms with Gasteiger partial charge in [-0.05, 0) is 54.7 Å². The van der Waals surface area contributed by atoms with Crippen LogP contribution in [0.3, 0.4) is 0 Å². The molecule has 0 unspecified atom stereocenters. The molecular weight excluding hydrogens is 359 g/mol. The molecule has 0 amide bonds. The molecule has 0 aliphatic rings. The summed E-state index contributed by atoms with van der Waals surface area (Å²) >= 11 is 11.4. The van der Waals surface area contributed by atoms with Crippen LogP contribution in [0.1, 0.15) is 11.3 Å². The van der Waals surface area contributed by atoms with Crippen LogP contribution >= 0.6 is 23.8 Å². The highest BCUT2D eigenvalue weighted by Crippen LogP contribution is 2.17. The second-order valence-corrected chi connectivity index (χ2v) is 6.29. The van der Waals surface area contributed by atoms with Crippen molar-refractivity contribution in [1.82, 2.24) is 4.90 Å². The molecule has 1 heterocycles. The maximum absolute atomic E-state index is 14.0. The van der Waals surface area contributed by atoms with Crippen molar-refractivity contribution in [1.29, 1.82) is 0 Å². The number of halogens is 2. The molecule has 6 heteroatoms. The highest BCUT2D eigenvalue weighted by molar-refractivity contribution is 7.80. The van der Waals surface area contributed by atoms with Gasteiger partial charge >= 0.3 is 0 Å². The number of furan rings is 1. The lowest BCUT2D eigenvalue weighted by Crippen LogP contribution is -2.34. The fourth-order valence-corrected chi connectivity index (χ4v) is 2.73. The summed E-state index contributed by atoms with van der Waals surface area (Å²) in [5, 5.41) is 4.28. The summed E-state index contributed by atoms with van der Waals surface area (Å²) < 4.78 is 19.4. The van der Waals surface area contributed by atoms with Crippen molar-refractivity contribution in [3.8, 4) is 0 Å². The van der Waals surface area contributed by atoms with E-state index in [2.05, 4.69) is 5.32 Å². The van der Waals surface area contributed by atoms with Crippen molar-refractivity contribution in [2.45, 2.75) is 13.1 Å². The van der Waals surface area contributed by atoms with Gasteiger partial charge in [-0.2, -0.15) is 0 Å². The van der Waals surface area contributed by atoms with Crippen LogP contribution in [0.2, 0.25) is 5.02 Å². The largest absolute Gasteiger partial charge is 0.467 e. The number of thiocarbonyl (C=S) groups is 1. The third-order valence-corrected chi connectivity index (χ3v) is 4.24. The Morgan fingerprint density at radius 2 is 1.80 bits per heavy atom. The number of nitrogens with zero attached hydrogens (tertiary/aromatic N) is 1. The Morgan fingerprint density at radius 3 is 2.48 bits per heavy atom. The first-order valence-electron chi connectivity index (χ1n) is 7.69. The van der Waals surface area contributed by atoms with Crippen LogP contribution in [0.15, 0.2) is 71.3 Å². The van der Waals surface area contributed by atoms with E-state index in [-0.39, 0.29) is 5.82 Å². The summed E-state index contributed by atoms with van der Waals surface area (Å²) in [7, 11) is 0. The number of hydrogen-bond donors (Lipinski definition) is 1. The van der Waals surface area contributed by atoms with Gasteiger partial charge in [0.25, 0.3) is 0 Å². The van der Waals surface area contributed by atoms with Crippen LogP contribution < -0.4 is 5.32 Å². The van der Waals surface area contributed by atoms with E-state index >= 15 is 0 Å². The van der Waals surface area contributed by atoms with E-state index in [0.29, 0.717) is 28.8 Å². The molecule has 3 nitrogen and oxygen atoms in total. The lowest BCUT2D eigenvalue weighted by atomic mass is 10.2. The summed E-state index contributed by atoms with van der Waals surface area (Å²) in [5.41, 5.74) is 1.38. The maximum atomic E-state index is 14.0. The first-order chi connectivity index (χ1) is 12.1.